The lowest BCUT2D eigenvalue weighted by Crippen LogP contribution is -2.16. The third-order valence-corrected chi connectivity index (χ3v) is 6.52. The summed E-state index contributed by atoms with van der Waals surface area (Å²) in [6.07, 6.45) is 10.4. The van der Waals surface area contributed by atoms with Gasteiger partial charge in [0.25, 0.3) is 0 Å². The van der Waals surface area contributed by atoms with Crippen molar-refractivity contribution in [2.24, 2.45) is 5.92 Å². The average Bonchev–Trinajstić information content (AvgIpc) is 3.39. The Morgan fingerprint density at radius 1 is 1.10 bits per heavy atom. The summed E-state index contributed by atoms with van der Waals surface area (Å²) in [7, 11) is 0. The Bertz CT molecular complexity index is 1150. The van der Waals surface area contributed by atoms with Crippen molar-refractivity contribution in [3.8, 4) is 23.0 Å². The van der Waals surface area contributed by atoms with Crippen molar-refractivity contribution in [3.63, 3.8) is 0 Å². The zero-order valence-electron chi connectivity index (χ0n) is 17.0. The monoisotopic (exact) mass is 419 g/mol. The van der Waals surface area contributed by atoms with Crippen LogP contribution in [-0.4, -0.2) is 26.5 Å². The molecule has 1 aliphatic rings. The van der Waals surface area contributed by atoms with Gasteiger partial charge >= 0.3 is 0 Å². The molecule has 0 spiro atoms. The Labute approximate surface area is 179 Å². The van der Waals surface area contributed by atoms with E-state index in [2.05, 4.69) is 26.3 Å². The first kappa shape index (κ1) is 19.1. The third kappa shape index (κ3) is 4.31. The van der Waals surface area contributed by atoms with Crippen molar-refractivity contribution in [2.45, 2.75) is 39.0 Å². The number of nitrogens with one attached hydrogen (secondary N) is 2. The Morgan fingerprint density at radius 2 is 1.97 bits per heavy atom. The number of aromatic nitrogens is 4. The lowest BCUT2D eigenvalue weighted by molar-refractivity contribution is 0.373. The molecule has 1 saturated carbocycles. The van der Waals surface area contributed by atoms with Crippen LogP contribution in [0.4, 0.5) is 5.13 Å². The smallest absolute Gasteiger partial charge is 0.183 e. The van der Waals surface area contributed by atoms with E-state index in [-0.39, 0.29) is 0 Å². The summed E-state index contributed by atoms with van der Waals surface area (Å²) in [5.41, 5.74) is 2.69. The summed E-state index contributed by atoms with van der Waals surface area (Å²) in [4.78, 5) is 16.7. The summed E-state index contributed by atoms with van der Waals surface area (Å²) in [5.74, 6) is 3.04. The maximum absolute atomic E-state index is 6.10. The molecule has 1 fully saturated rings. The van der Waals surface area contributed by atoms with Crippen LogP contribution in [0, 0.1) is 12.8 Å². The molecule has 4 aromatic rings. The van der Waals surface area contributed by atoms with Gasteiger partial charge in [-0.15, -0.1) is 0 Å². The van der Waals surface area contributed by atoms with E-state index in [4.69, 9.17) is 9.72 Å². The highest BCUT2D eigenvalue weighted by Crippen LogP contribution is 2.32. The summed E-state index contributed by atoms with van der Waals surface area (Å²) in [6.45, 7) is 2.97. The van der Waals surface area contributed by atoms with Gasteiger partial charge in [0.1, 0.15) is 17.2 Å². The fourth-order valence-electron chi connectivity index (χ4n) is 3.95. The van der Waals surface area contributed by atoms with E-state index >= 15 is 0 Å². The number of thiazole rings is 1. The SMILES string of the molecule is Cc1c[nH]c(-c2cc(Oc3ccc4nc(NCC5CCCCC5)sc4c3)ccn2)n1. The number of hydrogen-bond acceptors (Lipinski definition) is 6. The molecule has 1 aromatic carbocycles. The van der Waals surface area contributed by atoms with E-state index in [0.717, 1.165) is 56.5 Å². The number of benzene rings is 1. The molecule has 0 saturated heterocycles. The van der Waals surface area contributed by atoms with Crippen LogP contribution in [0.25, 0.3) is 21.7 Å². The van der Waals surface area contributed by atoms with Crippen molar-refractivity contribution in [1.29, 1.82) is 0 Å². The predicted molar refractivity (Wildman–Crippen MR) is 121 cm³/mol. The number of hydrogen-bond donors (Lipinski definition) is 2. The van der Waals surface area contributed by atoms with E-state index in [1.54, 1.807) is 17.5 Å². The van der Waals surface area contributed by atoms with Crippen LogP contribution in [0.3, 0.4) is 0 Å². The Morgan fingerprint density at radius 3 is 2.80 bits per heavy atom. The van der Waals surface area contributed by atoms with Gasteiger partial charge in [-0.2, -0.15) is 0 Å². The normalized spacial score (nSPS) is 14.8. The largest absolute Gasteiger partial charge is 0.457 e. The van der Waals surface area contributed by atoms with E-state index in [9.17, 15) is 0 Å². The number of pyridine rings is 1. The molecule has 0 bridgehead atoms. The van der Waals surface area contributed by atoms with Gasteiger partial charge in [0.15, 0.2) is 11.0 Å². The lowest BCUT2D eigenvalue weighted by atomic mass is 9.89. The van der Waals surface area contributed by atoms with Crippen molar-refractivity contribution in [2.75, 3.05) is 11.9 Å². The van der Waals surface area contributed by atoms with Gasteiger partial charge < -0.3 is 15.0 Å². The Hall–Kier alpha value is -2.93. The minimum Gasteiger partial charge on any atom is -0.457 e. The van der Waals surface area contributed by atoms with E-state index < -0.39 is 0 Å². The molecule has 6 nitrogen and oxygen atoms in total. The minimum atomic E-state index is 0.730. The van der Waals surface area contributed by atoms with Crippen LogP contribution in [0.5, 0.6) is 11.5 Å². The molecule has 0 aliphatic heterocycles. The lowest BCUT2D eigenvalue weighted by Gasteiger charge is -2.21. The predicted octanol–water partition coefficient (Wildman–Crippen LogP) is 6.17. The number of fused-ring (bicyclic) bond motifs is 1. The van der Waals surface area contributed by atoms with Gasteiger partial charge in [-0.1, -0.05) is 30.6 Å². The van der Waals surface area contributed by atoms with Gasteiger partial charge in [0, 0.05) is 31.1 Å². The molecule has 30 heavy (non-hydrogen) atoms. The molecule has 0 atom stereocenters. The molecule has 7 heteroatoms. The zero-order chi connectivity index (χ0) is 20.3. The first-order chi connectivity index (χ1) is 14.7. The van der Waals surface area contributed by atoms with Crippen LogP contribution < -0.4 is 10.1 Å². The highest BCUT2D eigenvalue weighted by Gasteiger charge is 2.14. The van der Waals surface area contributed by atoms with Crippen molar-refractivity contribution in [3.05, 3.63) is 48.4 Å². The maximum atomic E-state index is 6.10. The van der Waals surface area contributed by atoms with Crippen LogP contribution >= 0.6 is 11.3 Å². The van der Waals surface area contributed by atoms with Gasteiger partial charge in [-0.25, -0.2) is 9.97 Å². The third-order valence-electron chi connectivity index (χ3n) is 5.54. The zero-order valence-corrected chi connectivity index (χ0v) is 17.8. The first-order valence-corrected chi connectivity index (χ1v) is 11.4. The number of ether oxygens (including phenoxy) is 1. The maximum Gasteiger partial charge on any atom is 0.183 e. The van der Waals surface area contributed by atoms with Gasteiger partial charge in [-0.05, 0) is 43.9 Å². The Balaban J connectivity index is 1.29. The number of aromatic amines is 1. The summed E-state index contributed by atoms with van der Waals surface area (Å²) < 4.78 is 7.22. The summed E-state index contributed by atoms with van der Waals surface area (Å²) in [6, 6.07) is 9.78. The molecule has 5 rings (SSSR count). The topological polar surface area (TPSA) is 75.7 Å². The number of H-pyrrole nitrogens is 1. The average molecular weight is 420 g/mol. The molecule has 1 aliphatic carbocycles. The number of nitrogens with zero attached hydrogens (tertiary/aromatic N) is 3. The van der Waals surface area contributed by atoms with E-state index in [1.165, 1.54) is 32.1 Å². The second kappa shape index (κ2) is 8.44. The second-order valence-corrected chi connectivity index (χ2v) is 8.93. The molecular weight excluding hydrogens is 394 g/mol. The number of aryl methyl sites for hydroxylation is 1. The summed E-state index contributed by atoms with van der Waals surface area (Å²) in [5, 5.41) is 4.54. The number of imidazole rings is 1. The minimum absolute atomic E-state index is 0.730. The standard InChI is InChI=1S/C23H25N5OS/c1-15-13-25-22(27-15)20-11-18(9-10-24-20)29-17-7-8-19-21(12-17)30-23(28-19)26-14-16-5-3-2-4-6-16/h7-13,16H,2-6,14H2,1H3,(H,25,27)(H,26,28). The molecule has 0 unspecified atom stereocenters. The van der Waals surface area contributed by atoms with Crippen LogP contribution in [-0.2, 0) is 0 Å². The molecule has 0 amide bonds. The highest BCUT2D eigenvalue weighted by molar-refractivity contribution is 7.22. The molecule has 3 heterocycles. The Kier molecular flexibility index (Phi) is 5.36. The van der Waals surface area contributed by atoms with Gasteiger partial charge in [0.2, 0.25) is 0 Å². The number of anilines is 1. The number of rotatable bonds is 6. The van der Waals surface area contributed by atoms with Crippen molar-refractivity contribution in [1.82, 2.24) is 19.9 Å². The van der Waals surface area contributed by atoms with Gasteiger partial charge in [0.05, 0.1) is 15.9 Å². The van der Waals surface area contributed by atoms with Gasteiger partial charge in [-0.3, -0.25) is 4.98 Å². The molecule has 2 N–H and O–H groups in total. The van der Waals surface area contributed by atoms with E-state index in [0.29, 0.717) is 0 Å². The molecule has 154 valence electrons. The quantitative estimate of drug-likeness (QED) is 0.391. The van der Waals surface area contributed by atoms with E-state index in [1.807, 2.05) is 37.4 Å². The van der Waals surface area contributed by atoms with Crippen LogP contribution in [0.1, 0.15) is 37.8 Å². The van der Waals surface area contributed by atoms with Crippen molar-refractivity contribution >= 4 is 26.7 Å². The second-order valence-electron chi connectivity index (χ2n) is 7.90. The fourth-order valence-corrected chi connectivity index (χ4v) is 4.85. The first-order valence-electron chi connectivity index (χ1n) is 10.5. The molecule has 0 radical (unpaired) electrons. The summed E-state index contributed by atoms with van der Waals surface area (Å²) >= 11 is 1.68. The fraction of sp³-hybridized carbons (Fsp3) is 0.348. The highest BCUT2D eigenvalue weighted by atomic mass is 32.1. The van der Waals surface area contributed by atoms with Crippen LogP contribution in [0.2, 0.25) is 0 Å². The van der Waals surface area contributed by atoms with Crippen molar-refractivity contribution < 1.29 is 4.74 Å². The van der Waals surface area contributed by atoms with Crippen LogP contribution in [0.15, 0.2) is 42.7 Å². The molecular formula is C23H25N5OS. The molecule has 3 aromatic heterocycles.